The highest BCUT2D eigenvalue weighted by Crippen LogP contribution is 2.38. The Morgan fingerprint density at radius 3 is 2.84 bits per heavy atom. The Hall–Kier alpha value is -0.890. The second-order valence-corrected chi connectivity index (χ2v) is 6.82. The van der Waals surface area contributed by atoms with Crippen molar-refractivity contribution in [2.45, 2.75) is 52.5 Å². The van der Waals surface area contributed by atoms with Crippen LogP contribution < -0.4 is 5.32 Å². The van der Waals surface area contributed by atoms with Crippen LogP contribution in [0.25, 0.3) is 0 Å². The Morgan fingerprint density at radius 1 is 1.37 bits per heavy atom. The summed E-state index contributed by atoms with van der Waals surface area (Å²) in [5, 5.41) is 3.65. The molecule has 0 saturated heterocycles. The van der Waals surface area contributed by atoms with Gasteiger partial charge >= 0.3 is 0 Å². The lowest BCUT2D eigenvalue weighted by atomic mass is 9.70. The first-order chi connectivity index (χ1) is 8.96. The van der Waals surface area contributed by atoms with Crippen molar-refractivity contribution < 1.29 is 4.39 Å². The van der Waals surface area contributed by atoms with Crippen LogP contribution >= 0.6 is 0 Å². The molecule has 0 amide bonds. The standard InChI is InChI=1S/C17H26FN/c1-13-12-17(2,3)9-7-16(13)19-10-8-14-5-4-6-15(18)11-14/h4-6,11,13,16,19H,7-10,12H2,1-3H3. The zero-order valence-electron chi connectivity index (χ0n) is 12.4. The third-order valence-electron chi connectivity index (χ3n) is 4.40. The van der Waals surface area contributed by atoms with Crippen molar-refractivity contribution in [2.75, 3.05) is 6.54 Å². The molecule has 0 aliphatic heterocycles. The van der Waals surface area contributed by atoms with Gasteiger partial charge in [-0.15, -0.1) is 0 Å². The third-order valence-corrected chi connectivity index (χ3v) is 4.40. The number of hydrogen-bond donors (Lipinski definition) is 1. The minimum atomic E-state index is -0.134. The Kier molecular flexibility index (Phi) is 4.62. The van der Waals surface area contributed by atoms with Crippen LogP contribution in [0.3, 0.4) is 0 Å². The Balaban J connectivity index is 1.77. The van der Waals surface area contributed by atoms with Crippen molar-refractivity contribution >= 4 is 0 Å². The molecule has 2 unspecified atom stereocenters. The highest BCUT2D eigenvalue weighted by molar-refractivity contribution is 5.16. The maximum atomic E-state index is 13.1. The first kappa shape index (κ1) is 14.5. The summed E-state index contributed by atoms with van der Waals surface area (Å²) in [7, 11) is 0. The topological polar surface area (TPSA) is 12.0 Å². The molecule has 0 radical (unpaired) electrons. The molecule has 1 aliphatic rings. The van der Waals surface area contributed by atoms with Gasteiger partial charge < -0.3 is 5.32 Å². The average molecular weight is 263 g/mol. The molecule has 0 aromatic heterocycles. The molecule has 1 aromatic carbocycles. The van der Waals surface area contributed by atoms with Crippen LogP contribution in [0.5, 0.6) is 0 Å². The van der Waals surface area contributed by atoms with Gasteiger partial charge in [-0.2, -0.15) is 0 Å². The van der Waals surface area contributed by atoms with Gasteiger partial charge in [0, 0.05) is 6.04 Å². The molecule has 0 spiro atoms. The lowest BCUT2D eigenvalue weighted by Gasteiger charge is -2.39. The minimum Gasteiger partial charge on any atom is -0.313 e. The molecular weight excluding hydrogens is 237 g/mol. The minimum absolute atomic E-state index is 0.134. The van der Waals surface area contributed by atoms with E-state index in [1.54, 1.807) is 12.1 Å². The van der Waals surface area contributed by atoms with Crippen molar-refractivity contribution in [1.29, 1.82) is 0 Å². The normalized spacial score (nSPS) is 26.3. The fraction of sp³-hybridized carbons (Fsp3) is 0.647. The number of hydrogen-bond acceptors (Lipinski definition) is 1. The first-order valence-corrected chi connectivity index (χ1v) is 7.44. The van der Waals surface area contributed by atoms with Crippen LogP contribution in [-0.4, -0.2) is 12.6 Å². The van der Waals surface area contributed by atoms with Gasteiger partial charge in [-0.05, 0) is 61.3 Å². The van der Waals surface area contributed by atoms with Crippen molar-refractivity contribution in [3.05, 3.63) is 35.6 Å². The van der Waals surface area contributed by atoms with Gasteiger partial charge in [0.25, 0.3) is 0 Å². The quantitative estimate of drug-likeness (QED) is 0.859. The van der Waals surface area contributed by atoms with Crippen molar-refractivity contribution in [3.8, 4) is 0 Å². The predicted molar refractivity (Wildman–Crippen MR) is 78.7 cm³/mol. The summed E-state index contributed by atoms with van der Waals surface area (Å²) >= 11 is 0. The smallest absolute Gasteiger partial charge is 0.123 e. The largest absolute Gasteiger partial charge is 0.313 e. The second kappa shape index (κ2) is 6.04. The molecule has 0 bridgehead atoms. The Bertz CT molecular complexity index is 413. The summed E-state index contributed by atoms with van der Waals surface area (Å²) in [6.45, 7) is 8.03. The summed E-state index contributed by atoms with van der Waals surface area (Å²) in [5.74, 6) is 0.599. The molecule has 106 valence electrons. The molecule has 1 fully saturated rings. The van der Waals surface area contributed by atoms with E-state index < -0.39 is 0 Å². The fourth-order valence-electron chi connectivity index (χ4n) is 3.34. The van der Waals surface area contributed by atoms with E-state index >= 15 is 0 Å². The summed E-state index contributed by atoms with van der Waals surface area (Å²) in [6.07, 6.45) is 4.77. The van der Waals surface area contributed by atoms with Gasteiger partial charge in [-0.1, -0.05) is 32.9 Å². The number of halogens is 1. The van der Waals surface area contributed by atoms with E-state index in [1.807, 2.05) is 6.07 Å². The van der Waals surface area contributed by atoms with Crippen LogP contribution in [0.4, 0.5) is 4.39 Å². The zero-order chi connectivity index (χ0) is 13.9. The maximum absolute atomic E-state index is 13.1. The number of nitrogens with one attached hydrogen (secondary N) is 1. The Labute approximate surface area is 116 Å². The maximum Gasteiger partial charge on any atom is 0.123 e. The summed E-state index contributed by atoms with van der Waals surface area (Å²) in [4.78, 5) is 0. The van der Waals surface area contributed by atoms with E-state index in [0.717, 1.165) is 24.4 Å². The molecule has 1 N–H and O–H groups in total. The van der Waals surface area contributed by atoms with Crippen LogP contribution in [0.1, 0.15) is 45.6 Å². The highest BCUT2D eigenvalue weighted by Gasteiger charge is 2.31. The first-order valence-electron chi connectivity index (χ1n) is 7.44. The van der Waals surface area contributed by atoms with E-state index in [1.165, 1.54) is 25.3 Å². The van der Waals surface area contributed by atoms with Crippen LogP contribution in [-0.2, 0) is 6.42 Å². The highest BCUT2D eigenvalue weighted by atomic mass is 19.1. The van der Waals surface area contributed by atoms with Gasteiger partial charge in [0.05, 0.1) is 0 Å². The summed E-state index contributed by atoms with van der Waals surface area (Å²) in [6, 6.07) is 7.55. The lowest BCUT2D eigenvalue weighted by molar-refractivity contribution is 0.149. The van der Waals surface area contributed by atoms with Crippen LogP contribution in [0.15, 0.2) is 24.3 Å². The molecule has 1 saturated carbocycles. The van der Waals surface area contributed by atoms with E-state index in [9.17, 15) is 4.39 Å². The van der Waals surface area contributed by atoms with Gasteiger partial charge in [0.15, 0.2) is 0 Å². The molecule has 1 aliphatic carbocycles. The fourth-order valence-corrected chi connectivity index (χ4v) is 3.34. The van der Waals surface area contributed by atoms with Crippen molar-refractivity contribution in [3.63, 3.8) is 0 Å². The second-order valence-electron chi connectivity index (χ2n) is 6.82. The molecule has 0 heterocycles. The average Bonchev–Trinajstić information content (AvgIpc) is 2.31. The third kappa shape index (κ3) is 4.31. The van der Waals surface area contributed by atoms with E-state index in [0.29, 0.717) is 11.5 Å². The van der Waals surface area contributed by atoms with E-state index in [-0.39, 0.29) is 5.82 Å². The number of rotatable bonds is 4. The van der Waals surface area contributed by atoms with Crippen molar-refractivity contribution in [1.82, 2.24) is 5.32 Å². The van der Waals surface area contributed by atoms with Crippen LogP contribution in [0.2, 0.25) is 0 Å². The van der Waals surface area contributed by atoms with Crippen LogP contribution in [0, 0.1) is 17.2 Å². The van der Waals surface area contributed by atoms with E-state index in [2.05, 4.69) is 26.1 Å². The Morgan fingerprint density at radius 2 is 2.16 bits per heavy atom. The summed E-state index contributed by atoms with van der Waals surface area (Å²) < 4.78 is 13.1. The number of benzene rings is 1. The van der Waals surface area contributed by atoms with Crippen molar-refractivity contribution in [2.24, 2.45) is 11.3 Å². The van der Waals surface area contributed by atoms with Gasteiger partial charge in [0.2, 0.25) is 0 Å². The molecule has 2 rings (SSSR count). The molecule has 1 nitrogen and oxygen atoms in total. The van der Waals surface area contributed by atoms with Gasteiger partial charge in [0.1, 0.15) is 5.82 Å². The van der Waals surface area contributed by atoms with Gasteiger partial charge in [-0.25, -0.2) is 4.39 Å². The predicted octanol–water partition coefficient (Wildman–Crippen LogP) is 4.17. The lowest BCUT2D eigenvalue weighted by Crippen LogP contribution is -2.42. The molecule has 2 heteroatoms. The monoisotopic (exact) mass is 263 g/mol. The SMILES string of the molecule is CC1CC(C)(C)CCC1NCCc1cccc(F)c1. The molecular formula is C17H26FN. The van der Waals surface area contributed by atoms with Gasteiger partial charge in [-0.3, -0.25) is 0 Å². The molecule has 19 heavy (non-hydrogen) atoms. The van der Waals surface area contributed by atoms with E-state index in [4.69, 9.17) is 0 Å². The molecule has 2 atom stereocenters. The summed E-state index contributed by atoms with van der Waals surface area (Å²) in [5.41, 5.74) is 1.58. The molecule has 1 aromatic rings. The zero-order valence-corrected chi connectivity index (χ0v) is 12.4.